The second kappa shape index (κ2) is 11.2. The molecule has 0 fully saturated rings. The summed E-state index contributed by atoms with van der Waals surface area (Å²) in [6, 6.07) is 15.6. The van der Waals surface area contributed by atoms with Gasteiger partial charge in [-0.15, -0.1) is 0 Å². The molecule has 4 aromatic rings. The Bertz CT molecular complexity index is 1480. The highest BCUT2D eigenvalue weighted by atomic mass is 16.5. The van der Waals surface area contributed by atoms with Crippen molar-refractivity contribution in [2.24, 2.45) is 0 Å². The second-order valence-electron chi connectivity index (χ2n) is 8.95. The number of aliphatic hydroxyl groups is 2. The lowest BCUT2D eigenvalue weighted by atomic mass is 9.95. The Hall–Kier alpha value is -3.56. The minimum absolute atomic E-state index is 0.0147. The molecule has 2 aromatic carbocycles. The molecule has 2 aromatic heterocycles. The van der Waals surface area contributed by atoms with Crippen LogP contribution in [0.5, 0.6) is 0 Å². The summed E-state index contributed by atoms with van der Waals surface area (Å²) in [5.41, 5.74) is 4.22. The van der Waals surface area contributed by atoms with E-state index in [9.17, 15) is 14.7 Å². The number of ether oxygens (including phenoxy) is 2. The molecule has 2 heterocycles. The predicted molar refractivity (Wildman–Crippen MR) is 141 cm³/mol. The number of ketones is 2. The van der Waals surface area contributed by atoms with E-state index >= 15 is 0 Å². The van der Waals surface area contributed by atoms with Gasteiger partial charge in [0.05, 0.1) is 46.1 Å². The van der Waals surface area contributed by atoms with Crippen LogP contribution in [0.1, 0.15) is 17.5 Å². The number of para-hydroxylation sites is 2. The number of aromatic nitrogens is 2. The molecule has 8 heteroatoms. The van der Waals surface area contributed by atoms with Crippen molar-refractivity contribution in [2.45, 2.75) is 19.5 Å². The Morgan fingerprint density at radius 1 is 0.649 bits per heavy atom. The predicted octanol–water partition coefficient (Wildman–Crippen LogP) is 3.07. The van der Waals surface area contributed by atoms with Gasteiger partial charge in [-0.1, -0.05) is 36.4 Å². The second-order valence-corrected chi connectivity index (χ2v) is 8.95. The molecule has 8 nitrogen and oxygen atoms in total. The Labute approximate surface area is 214 Å². The van der Waals surface area contributed by atoms with Gasteiger partial charge in [-0.2, -0.15) is 0 Å². The third-order valence-electron chi connectivity index (χ3n) is 6.67. The van der Waals surface area contributed by atoms with Crippen molar-refractivity contribution in [1.29, 1.82) is 0 Å². The van der Waals surface area contributed by atoms with Gasteiger partial charge in [0.1, 0.15) is 0 Å². The van der Waals surface area contributed by atoms with Crippen LogP contribution < -0.4 is 0 Å². The normalized spacial score (nSPS) is 14.1. The Kier molecular flexibility index (Phi) is 7.62. The number of Topliss-reactive ketones (excluding diaryl/α,β-unsaturated/α-hetero) is 2. The van der Waals surface area contributed by atoms with Crippen LogP contribution in [0.15, 0.2) is 60.9 Å². The zero-order valence-electron chi connectivity index (χ0n) is 20.6. The average Bonchev–Trinajstić information content (AvgIpc) is 3.54. The molecule has 0 saturated heterocycles. The SMILES string of the molecule is O=C1CC(=O)C(c2cn(CCOCCOCCO)c3ccccc23)=C1c1cn(CCO)c2ccccc12. The van der Waals surface area contributed by atoms with Gasteiger partial charge in [-0.3, -0.25) is 9.59 Å². The third-order valence-corrected chi connectivity index (χ3v) is 6.67. The number of carbonyl (C=O) groups is 2. The van der Waals surface area contributed by atoms with E-state index in [0.29, 0.717) is 44.1 Å². The van der Waals surface area contributed by atoms with Crippen molar-refractivity contribution in [1.82, 2.24) is 9.13 Å². The van der Waals surface area contributed by atoms with Crippen LogP contribution in [0.2, 0.25) is 0 Å². The van der Waals surface area contributed by atoms with Crippen LogP contribution >= 0.6 is 0 Å². The van der Waals surface area contributed by atoms with Gasteiger partial charge >= 0.3 is 0 Å². The van der Waals surface area contributed by atoms with Crippen LogP contribution in [0, 0.1) is 0 Å². The van der Waals surface area contributed by atoms with Gasteiger partial charge in [0.25, 0.3) is 0 Å². The Morgan fingerprint density at radius 3 is 1.70 bits per heavy atom. The molecule has 0 saturated carbocycles. The number of fused-ring (bicyclic) bond motifs is 2. The van der Waals surface area contributed by atoms with Gasteiger partial charge in [0, 0.05) is 69.6 Å². The molecule has 192 valence electrons. The van der Waals surface area contributed by atoms with Crippen LogP contribution in [-0.4, -0.2) is 70.6 Å². The Balaban J connectivity index is 1.55. The first kappa shape index (κ1) is 25.1. The molecular weight excluding hydrogens is 472 g/mol. The molecular formula is C29H30N2O6. The quantitative estimate of drug-likeness (QED) is 0.228. The molecule has 1 aliphatic carbocycles. The smallest absolute Gasteiger partial charge is 0.172 e. The first-order valence-corrected chi connectivity index (χ1v) is 12.5. The maximum Gasteiger partial charge on any atom is 0.172 e. The van der Waals surface area contributed by atoms with E-state index in [4.69, 9.17) is 14.6 Å². The van der Waals surface area contributed by atoms with Gasteiger partial charge < -0.3 is 28.8 Å². The zero-order chi connectivity index (χ0) is 25.8. The summed E-state index contributed by atoms with van der Waals surface area (Å²) in [5.74, 6) is -0.367. The van der Waals surface area contributed by atoms with E-state index in [-0.39, 0.29) is 37.8 Å². The largest absolute Gasteiger partial charge is 0.395 e. The Morgan fingerprint density at radius 2 is 1.16 bits per heavy atom. The number of carbonyl (C=O) groups excluding carboxylic acids is 2. The van der Waals surface area contributed by atoms with Crippen molar-refractivity contribution in [2.75, 3.05) is 39.6 Å². The topological polar surface area (TPSA) is 103 Å². The highest BCUT2D eigenvalue weighted by molar-refractivity contribution is 6.52. The first-order valence-electron chi connectivity index (χ1n) is 12.5. The summed E-state index contributed by atoms with van der Waals surface area (Å²) in [6.07, 6.45) is 3.66. The van der Waals surface area contributed by atoms with Crippen molar-refractivity contribution >= 4 is 44.5 Å². The van der Waals surface area contributed by atoms with Crippen molar-refractivity contribution in [3.05, 3.63) is 72.1 Å². The summed E-state index contributed by atoms with van der Waals surface area (Å²) in [4.78, 5) is 26.5. The van der Waals surface area contributed by atoms with Crippen molar-refractivity contribution in [3.8, 4) is 0 Å². The van der Waals surface area contributed by atoms with Crippen LogP contribution in [0.25, 0.3) is 33.0 Å². The van der Waals surface area contributed by atoms with Crippen LogP contribution in [-0.2, 0) is 32.2 Å². The number of allylic oxidation sites excluding steroid dienone is 2. The minimum atomic E-state index is -0.185. The lowest BCUT2D eigenvalue weighted by molar-refractivity contribution is -0.119. The maximum atomic E-state index is 13.3. The van der Waals surface area contributed by atoms with E-state index in [0.717, 1.165) is 32.9 Å². The molecule has 0 unspecified atom stereocenters. The van der Waals surface area contributed by atoms with E-state index in [2.05, 4.69) is 4.57 Å². The number of rotatable bonds is 12. The fourth-order valence-electron chi connectivity index (χ4n) is 5.09. The van der Waals surface area contributed by atoms with Gasteiger partial charge in [-0.05, 0) is 12.1 Å². The standard InChI is InChI=1S/C29H30N2O6/c32-11-9-30-18-22(20-5-1-3-7-24(20)30)28-26(34)17-27(35)29(28)23-19-31(25-8-4-2-6-21(23)25)10-13-36-15-16-37-14-12-33/h1-8,18-19,32-33H,9-17H2. The van der Waals surface area contributed by atoms with Crippen LogP contribution in [0.3, 0.4) is 0 Å². The summed E-state index contributed by atoms with van der Waals surface area (Å²) in [7, 11) is 0. The number of nitrogens with zero attached hydrogens (tertiary/aromatic N) is 2. The maximum absolute atomic E-state index is 13.3. The molecule has 37 heavy (non-hydrogen) atoms. The molecule has 1 aliphatic rings. The van der Waals surface area contributed by atoms with Gasteiger partial charge in [0.2, 0.25) is 0 Å². The average molecular weight is 503 g/mol. The third kappa shape index (κ3) is 4.89. The van der Waals surface area contributed by atoms with Gasteiger partial charge in [-0.25, -0.2) is 0 Å². The molecule has 0 radical (unpaired) electrons. The molecule has 0 aliphatic heterocycles. The van der Waals surface area contributed by atoms with Crippen molar-refractivity contribution in [3.63, 3.8) is 0 Å². The lowest BCUT2D eigenvalue weighted by Crippen LogP contribution is -2.11. The molecule has 0 atom stereocenters. The monoisotopic (exact) mass is 502 g/mol. The summed E-state index contributed by atoms with van der Waals surface area (Å²) >= 11 is 0. The first-order chi connectivity index (χ1) is 18.1. The number of hydrogen-bond donors (Lipinski definition) is 2. The molecule has 2 N–H and O–H groups in total. The molecule has 0 amide bonds. The summed E-state index contributed by atoms with van der Waals surface area (Å²) < 4.78 is 14.9. The molecule has 0 spiro atoms. The number of benzene rings is 2. The number of aliphatic hydroxyl groups excluding tert-OH is 2. The fraction of sp³-hybridized carbons (Fsp3) is 0.310. The summed E-state index contributed by atoms with van der Waals surface area (Å²) in [6.45, 7) is 2.50. The summed E-state index contributed by atoms with van der Waals surface area (Å²) in [5, 5.41) is 20.1. The fourth-order valence-corrected chi connectivity index (χ4v) is 5.09. The van der Waals surface area contributed by atoms with E-state index in [1.54, 1.807) is 0 Å². The minimum Gasteiger partial charge on any atom is -0.395 e. The highest BCUT2D eigenvalue weighted by Gasteiger charge is 2.35. The van der Waals surface area contributed by atoms with E-state index in [1.807, 2.05) is 65.5 Å². The van der Waals surface area contributed by atoms with Crippen LogP contribution in [0.4, 0.5) is 0 Å². The molecule has 5 rings (SSSR count). The zero-order valence-corrected chi connectivity index (χ0v) is 20.6. The highest BCUT2D eigenvalue weighted by Crippen LogP contribution is 2.41. The van der Waals surface area contributed by atoms with E-state index < -0.39 is 0 Å². The lowest BCUT2D eigenvalue weighted by Gasteiger charge is -2.07. The number of hydrogen-bond acceptors (Lipinski definition) is 6. The van der Waals surface area contributed by atoms with Gasteiger partial charge in [0.15, 0.2) is 11.6 Å². The van der Waals surface area contributed by atoms with E-state index in [1.165, 1.54) is 0 Å². The molecule has 0 bridgehead atoms. The van der Waals surface area contributed by atoms with Crippen molar-refractivity contribution < 1.29 is 29.3 Å².